The quantitative estimate of drug-likeness (QED) is 0.561. The molecule has 0 spiro atoms. The van der Waals surface area contributed by atoms with Crippen LogP contribution in [0.5, 0.6) is 0 Å². The second-order valence-electron chi connectivity index (χ2n) is 2.43. The number of hydrogen-bond donors (Lipinski definition) is 2. The Morgan fingerprint density at radius 3 is 2.60 bits per heavy atom. The highest BCUT2D eigenvalue weighted by atomic mass is 16.3. The Hall–Kier alpha value is -0.340. The number of rotatable bonds is 5. The molecule has 0 saturated carbocycles. The van der Waals surface area contributed by atoms with Crippen molar-refractivity contribution in [2.45, 2.75) is 32.4 Å². The number of likely N-dealkylation sites (N-methyl/N-ethyl adjacent to an activating group) is 1. The van der Waals surface area contributed by atoms with E-state index in [9.17, 15) is 0 Å². The van der Waals surface area contributed by atoms with Gasteiger partial charge in [0.05, 0.1) is 6.10 Å². The van der Waals surface area contributed by atoms with E-state index in [4.69, 9.17) is 5.11 Å². The zero-order chi connectivity index (χ0) is 7.98. The summed E-state index contributed by atoms with van der Waals surface area (Å²) in [5.41, 5.74) is 0. The molecule has 0 radical (unpaired) electrons. The van der Waals surface area contributed by atoms with Crippen molar-refractivity contribution in [1.29, 1.82) is 0 Å². The van der Waals surface area contributed by atoms with Crippen molar-refractivity contribution >= 4 is 0 Å². The van der Waals surface area contributed by atoms with Crippen LogP contribution in [0.1, 0.15) is 20.3 Å². The van der Waals surface area contributed by atoms with Gasteiger partial charge in [-0.05, 0) is 19.9 Å². The second-order valence-corrected chi connectivity index (χ2v) is 2.43. The Morgan fingerprint density at radius 2 is 2.30 bits per heavy atom. The molecule has 0 rings (SSSR count). The van der Waals surface area contributed by atoms with Gasteiger partial charge in [0.25, 0.3) is 0 Å². The van der Waals surface area contributed by atoms with Crippen LogP contribution in [0.4, 0.5) is 0 Å². The molecule has 2 heteroatoms. The van der Waals surface area contributed by atoms with Gasteiger partial charge in [-0.1, -0.05) is 13.0 Å². The summed E-state index contributed by atoms with van der Waals surface area (Å²) in [6.45, 7) is 8.32. The highest BCUT2D eigenvalue weighted by Crippen LogP contribution is 1.98. The third-order valence-corrected chi connectivity index (χ3v) is 1.47. The van der Waals surface area contributed by atoms with Gasteiger partial charge < -0.3 is 10.4 Å². The average Bonchev–Trinajstić information content (AvgIpc) is 1.87. The minimum Gasteiger partial charge on any atom is -0.392 e. The maximum Gasteiger partial charge on any atom is 0.0668 e. The van der Waals surface area contributed by atoms with Crippen LogP contribution >= 0.6 is 0 Å². The number of nitrogens with one attached hydrogen (secondary N) is 1. The normalized spacial score (nSPS) is 16.3. The van der Waals surface area contributed by atoms with Crippen molar-refractivity contribution in [3.8, 4) is 0 Å². The van der Waals surface area contributed by atoms with E-state index in [1.165, 1.54) is 0 Å². The van der Waals surface area contributed by atoms with Crippen molar-refractivity contribution in [2.24, 2.45) is 0 Å². The molecular weight excluding hydrogens is 126 g/mol. The van der Waals surface area contributed by atoms with Gasteiger partial charge in [0.1, 0.15) is 0 Å². The second kappa shape index (κ2) is 5.45. The molecule has 60 valence electrons. The topological polar surface area (TPSA) is 32.3 Å². The molecule has 0 bridgehead atoms. The molecule has 2 nitrogen and oxygen atoms in total. The van der Waals surface area contributed by atoms with Crippen LogP contribution in [0.3, 0.4) is 0 Å². The lowest BCUT2D eigenvalue weighted by Gasteiger charge is -2.18. The summed E-state index contributed by atoms with van der Waals surface area (Å²) in [6.07, 6.45) is 2.35. The molecule has 0 aromatic rings. The van der Waals surface area contributed by atoms with Gasteiger partial charge in [0.2, 0.25) is 0 Å². The minimum atomic E-state index is -0.294. The van der Waals surface area contributed by atoms with Crippen molar-refractivity contribution in [2.75, 3.05) is 6.54 Å². The van der Waals surface area contributed by atoms with E-state index in [1.807, 2.05) is 13.0 Å². The summed E-state index contributed by atoms with van der Waals surface area (Å²) in [5, 5.41) is 12.3. The Kier molecular flexibility index (Phi) is 5.26. The molecule has 0 fully saturated rings. The molecule has 2 N–H and O–H groups in total. The molecule has 0 saturated heterocycles. The third kappa shape index (κ3) is 3.64. The maximum absolute atomic E-state index is 9.16. The summed E-state index contributed by atoms with van der Waals surface area (Å²) in [5.74, 6) is 0. The monoisotopic (exact) mass is 143 g/mol. The van der Waals surface area contributed by atoms with Crippen molar-refractivity contribution < 1.29 is 5.11 Å². The van der Waals surface area contributed by atoms with E-state index in [2.05, 4.69) is 11.9 Å². The van der Waals surface area contributed by atoms with E-state index >= 15 is 0 Å². The van der Waals surface area contributed by atoms with E-state index in [1.54, 1.807) is 6.92 Å². The Morgan fingerprint density at radius 1 is 1.70 bits per heavy atom. The molecule has 0 heterocycles. The summed E-state index contributed by atoms with van der Waals surface area (Å²) in [6, 6.07) is 0.169. The molecule has 0 aromatic heterocycles. The van der Waals surface area contributed by atoms with Crippen LogP contribution < -0.4 is 5.32 Å². The Balaban J connectivity index is 3.60. The third-order valence-electron chi connectivity index (χ3n) is 1.47. The van der Waals surface area contributed by atoms with Gasteiger partial charge in [-0.2, -0.15) is 0 Å². The summed E-state index contributed by atoms with van der Waals surface area (Å²) in [4.78, 5) is 0. The molecule has 0 aliphatic rings. The van der Waals surface area contributed by atoms with Gasteiger partial charge >= 0.3 is 0 Å². The zero-order valence-electron chi connectivity index (χ0n) is 6.80. The smallest absolute Gasteiger partial charge is 0.0668 e. The lowest BCUT2D eigenvalue weighted by atomic mass is 10.1. The number of aliphatic hydroxyl groups excluding tert-OH is 1. The molecule has 10 heavy (non-hydrogen) atoms. The predicted molar refractivity (Wildman–Crippen MR) is 44.0 cm³/mol. The SMILES string of the molecule is C=CC[C@H](NCC)[C@H](C)O. The average molecular weight is 143 g/mol. The lowest BCUT2D eigenvalue weighted by molar-refractivity contribution is 0.147. The predicted octanol–water partition coefficient (Wildman–Crippen LogP) is 0.921. The summed E-state index contributed by atoms with van der Waals surface area (Å²) >= 11 is 0. The van der Waals surface area contributed by atoms with Crippen molar-refractivity contribution in [3.63, 3.8) is 0 Å². The van der Waals surface area contributed by atoms with Crippen LogP contribution in [-0.4, -0.2) is 23.8 Å². The fourth-order valence-corrected chi connectivity index (χ4v) is 0.893. The fraction of sp³-hybridized carbons (Fsp3) is 0.750. The van der Waals surface area contributed by atoms with E-state index in [0.29, 0.717) is 0 Å². The molecule has 2 atom stereocenters. The molecule has 0 aliphatic heterocycles. The maximum atomic E-state index is 9.16. The van der Waals surface area contributed by atoms with Crippen LogP contribution in [0.15, 0.2) is 12.7 Å². The van der Waals surface area contributed by atoms with E-state index in [0.717, 1.165) is 13.0 Å². The van der Waals surface area contributed by atoms with Gasteiger partial charge in [-0.3, -0.25) is 0 Å². The molecular formula is C8H17NO. The first-order chi connectivity index (χ1) is 4.72. The Labute approximate surface area is 62.9 Å². The summed E-state index contributed by atoms with van der Waals surface area (Å²) < 4.78 is 0. The fourth-order valence-electron chi connectivity index (χ4n) is 0.893. The van der Waals surface area contributed by atoms with Gasteiger partial charge in [0, 0.05) is 6.04 Å². The molecule has 0 aromatic carbocycles. The van der Waals surface area contributed by atoms with Gasteiger partial charge in [-0.25, -0.2) is 0 Å². The van der Waals surface area contributed by atoms with E-state index in [-0.39, 0.29) is 12.1 Å². The molecule has 0 amide bonds. The van der Waals surface area contributed by atoms with Gasteiger partial charge in [-0.15, -0.1) is 6.58 Å². The standard InChI is InChI=1S/C8H17NO/c1-4-6-8(7(3)10)9-5-2/h4,7-10H,1,5-6H2,2-3H3/t7-,8-/m0/s1. The molecule has 0 aliphatic carbocycles. The van der Waals surface area contributed by atoms with Crippen LogP contribution in [0, 0.1) is 0 Å². The minimum absolute atomic E-state index is 0.169. The first-order valence-electron chi connectivity index (χ1n) is 3.74. The lowest BCUT2D eigenvalue weighted by Crippen LogP contribution is -2.37. The van der Waals surface area contributed by atoms with Crippen LogP contribution in [0.25, 0.3) is 0 Å². The van der Waals surface area contributed by atoms with Crippen molar-refractivity contribution in [3.05, 3.63) is 12.7 Å². The molecule has 0 unspecified atom stereocenters. The summed E-state index contributed by atoms with van der Waals surface area (Å²) in [7, 11) is 0. The van der Waals surface area contributed by atoms with Crippen molar-refractivity contribution in [1.82, 2.24) is 5.32 Å². The highest BCUT2D eigenvalue weighted by molar-refractivity contribution is 4.80. The first-order valence-corrected chi connectivity index (χ1v) is 3.74. The Bertz CT molecular complexity index is 91.3. The van der Waals surface area contributed by atoms with Gasteiger partial charge in [0.15, 0.2) is 0 Å². The largest absolute Gasteiger partial charge is 0.392 e. The highest BCUT2D eigenvalue weighted by Gasteiger charge is 2.09. The zero-order valence-corrected chi connectivity index (χ0v) is 6.80. The first kappa shape index (κ1) is 9.66. The van der Waals surface area contributed by atoms with Crippen LogP contribution in [0.2, 0.25) is 0 Å². The number of aliphatic hydroxyl groups is 1. The number of hydrogen-bond acceptors (Lipinski definition) is 2. The van der Waals surface area contributed by atoms with Crippen LogP contribution in [-0.2, 0) is 0 Å². The van der Waals surface area contributed by atoms with E-state index < -0.39 is 0 Å².